The van der Waals surface area contributed by atoms with Gasteiger partial charge in [-0.2, -0.15) is 13.2 Å². The summed E-state index contributed by atoms with van der Waals surface area (Å²) in [5, 5.41) is 22.6. The molecular formula is C29H34ClF3N2O3S. The molecule has 2 aromatic carbocycles. The minimum atomic E-state index is -4.35. The highest BCUT2D eigenvalue weighted by Gasteiger charge is 2.35. The maximum absolute atomic E-state index is 13.2. The Labute approximate surface area is 236 Å². The molecule has 2 heterocycles. The van der Waals surface area contributed by atoms with Crippen LogP contribution in [0.5, 0.6) is 5.75 Å². The fraction of sp³-hybridized carbons (Fsp3) is 0.483. The second-order valence-corrected chi connectivity index (χ2v) is 11.7. The van der Waals surface area contributed by atoms with Crippen LogP contribution in [-0.2, 0) is 6.18 Å². The van der Waals surface area contributed by atoms with Gasteiger partial charge in [0.2, 0.25) is 0 Å². The zero-order chi connectivity index (χ0) is 28.0. The number of hydrogen-bond donors (Lipinski definition) is 2. The van der Waals surface area contributed by atoms with Crippen LogP contribution < -0.4 is 4.74 Å². The number of piperidine rings is 1. The van der Waals surface area contributed by atoms with E-state index in [1.807, 2.05) is 18.2 Å². The number of halogens is 4. The van der Waals surface area contributed by atoms with Gasteiger partial charge in [0.15, 0.2) is 0 Å². The summed E-state index contributed by atoms with van der Waals surface area (Å²) >= 11 is 7.70. The zero-order valence-electron chi connectivity index (χ0n) is 21.9. The smallest absolute Gasteiger partial charge is 0.417 e. The van der Waals surface area contributed by atoms with E-state index in [0.717, 1.165) is 55.9 Å². The number of ether oxygens (including phenoxy) is 1. The summed E-state index contributed by atoms with van der Waals surface area (Å²) in [4.78, 5) is 6.93. The summed E-state index contributed by atoms with van der Waals surface area (Å²) < 4.78 is 45.0. The van der Waals surface area contributed by atoms with Gasteiger partial charge in [-0.15, -0.1) is 11.8 Å². The number of benzene rings is 2. The molecule has 0 saturated carbocycles. The van der Waals surface area contributed by atoms with Crippen LogP contribution in [0.25, 0.3) is 10.9 Å². The van der Waals surface area contributed by atoms with Crippen LogP contribution in [0.4, 0.5) is 13.2 Å². The number of methoxy groups -OCH3 is 1. The fourth-order valence-electron chi connectivity index (χ4n) is 5.26. The molecule has 0 spiro atoms. The molecule has 1 fully saturated rings. The monoisotopic (exact) mass is 582 g/mol. The molecule has 4 rings (SSSR count). The Hall–Kier alpha value is -2.04. The number of alkyl halides is 3. The Kier molecular flexibility index (Phi) is 10.0. The lowest BCUT2D eigenvalue weighted by atomic mass is 9.74. The molecule has 2 N–H and O–H groups in total. The van der Waals surface area contributed by atoms with E-state index in [9.17, 15) is 23.4 Å². The number of rotatable bonds is 11. The van der Waals surface area contributed by atoms with Crippen LogP contribution in [0, 0.1) is 5.41 Å². The molecule has 3 aromatic rings. The van der Waals surface area contributed by atoms with Gasteiger partial charge < -0.3 is 19.8 Å². The summed E-state index contributed by atoms with van der Waals surface area (Å²) in [6.07, 6.45) is -0.154. The maximum atomic E-state index is 13.2. The van der Waals surface area contributed by atoms with E-state index >= 15 is 0 Å². The summed E-state index contributed by atoms with van der Waals surface area (Å²) in [6, 6.07) is 11.2. The molecule has 1 saturated heterocycles. The molecule has 0 amide bonds. The third-order valence-corrected chi connectivity index (χ3v) is 9.13. The van der Waals surface area contributed by atoms with Crippen molar-refractivity contribution in [3.63, 3.8) is 0 Å². The molecule has 10 heteroatoms. The predicted octanol–water partition coefficient (Wildman–Crippen LogP) is 6.99. The van der Waals surface area contributed by atoms with Crippen molar-refractivity contribution in [2.75, 3.05) is 39.1 Å². The number of aliphatic hydroxyl groups is 2. The number of thioether (sulfide) groups is 1. The Morgan fingerprint density at radius 3 is 2.62 bits per heavy atom. The number of pyridine rings is 1. The van der Waals surface area contributed by atoms with Crippen molar-refractivity contribution in [1.29, 1.82) is 0 Å². The van der Waals surface area contributed by atoms with Crippen molar-refractivity contribution in [2.45, 2.75) is 49.3 Å². The van der Waals surface area contributed by atoms with E-state index in [2.05, 4.69) is 9.88 Å². The first kappa shape index (κ1) is 29.9. The molecule has 0 aliphatic carbocycles. The molecule has 5 nitrogen and oxygen atoms in total. The van der Waals surface area contributed by atoms with Crippen molar-refractivity contribution in [2.24, 2.45) is 5.41 Å². The summed E-state index contributed by atoms with van der Waals surface area (Å²) in [5.41, 5.74) is 0.475. The molecule has 1 aliphatic rings. The van der Waals surface area contributed by atoms with E-state index in [0.29, 0.717) is 34.9 Å². The highest BCUT2D eigenvalue weighted by Crippen LogP contribution is 2.41. The van der Waals surface area contributed by atoms with Crippen molar-refractivity contribution >= 4 is 34.3 Å². The van der Waals surface area contributed by atoms with Crippen molar-refractivity contribution in [3.8, 4) is 5.75 Å². The highest BCUT2D eigenvalue weighted by molar-refractivity contribution is 7.99. The van der Waals surface area contributed by atoms with Crippen LogP contribution in [0.3, 0.4) is 0 Å². The Morgan fingerprint density at radius 2 is 1.92 bits per heavy atom. The minimum absolute atomic E-state index is 0.0380. The molecule has 39 heavy (non-hydrogen) atoms. The lowest BCUT2D eigenvalue weighted by Crippen LogP contribution is -2.42. The molecule has 1 aliphatic heterocycles. The normalized spacial score (nSPS) is 16.9. The van der Waals surface area contributed by atoms with Crippen molar-refractivity contribution in [3.05, 3.63) is 64.8 Å². The van der Waals surface area contributed by atoms with Crippen LogP contribution in [-0.4, -0.2) is 59.2 Å². The van der Waals surface area contributed by atoms with Gasteiger partial charge in [0, 0.05) is 28.6 Å². The number of nitrogens with zero attached hydrogens (tertiary/aromatic N) is 2. The zero-order valence-corrected chi connectivity index (χ0v) is 23.5. The van der Waals surface area contributed by atoms with Crippen molar-refractivity contribution in [1.82, 2.24) is 9.88 Å². The average molecular weight is 583 g/mol. The van der Waals surface area contributed by atoms with E-state index in [-0.39, 0.29) is 16.9 Å². The quantitative estimate of drug-likeness (QED) is 0.188. The first-order valence-electron chi connectivity index (χ1n) is 13.1. The molecule has 0 bridgehead atoms. The van der Waals surface area contributed by atoms with E-state index < -0.39 is 17.8 Å². The lowest BCUT2D eigenvalue weighted by Gasteiger charge is -2.41. The number of likely N-dealkylation sites (tertiary alicyclic amines) is 1. The Morgan fingerprint density at radius 1 is 1.18 bits per heavy atom. The number of aromatic nitrogens is 1. The van der Waals surface area contributed by atoms with Gasteiger partial charge in [-0.25, -0.2) is 0 Å². The van der Waals surface area contributed by atoms with Gasteiger partial charge in [0.05, 0.1) is 29.3 Å². The van der Waals surface area contributed by atoms with Gasteiger partial charge in [0.25, 0.3) is 0 Å². The Bertz CT molecular complexity index is 1250. The van der Waals surface area contributed by atoms with Crippen LogP contribution in [0.1, 0.15) is 49.3 Å². The van der Waals surface area contributed by atoms with Crippen LogP contribution in [0.15, 0.2) is 53.6 Å². The predicted molar refractivity (Wildman–Crippen MR) is 149 cm³/mol. The standard InChI is InChI=1S/C29H34ClF3N2O3S/c1-38-20-7-8-24-21(17-20)27(23(30)18-34-24)25(37)9-10-28(19-36)11-14-35(15-12-28)13-4-16-39-26-6-3-2-5-22(26)29(31,32)33/h2-3,5-8,17-18,25,36-37H,4,9-16,19H2,1H3/t25-/m1/s1. The van der Waals surface area contributed by atoms with Gasteiger partial charge in [-0.3, -0.25) is 4.98 Å². The Balaban J connectivity index is 1.29. The molecular weight excluding hydrogens is 549 g/mol. The third-order valence-electron chi connectivity index (χ3n) is 7.67. The lowest BCUT2D eigenvalue weighted by molar-refractivity contribution is -0.139. The molecule has 1 aromatic heterocycles. The second-order valence-electron chi connectivity index (χ2n) is 10.2. The van der Waals surface area contributed by atoms with Crippen LogP contribution in [0.2, 0.25) is 5.02 Å². The highest BCUT2D eigenvalue weighted by atomic mass is 35.5. The molecule has 0 radical (unpaired) electrons. The van der Waals surface area contributed by atoms with E-state index in [1.54, 1.807) is 19.4 Å². The summed E-state index contributed by atoms with van der Waals surface area (Å²) in [6.45, 7) is 2.44. The van der Waals surface area contributed by atoms with Crippen LogP contribution >= 0.6 is 23.4 Å². The van der Waals surface area contributed by atoms with E-state index in [1.165, 1.54) is 23.9 Å². The minimum Gasteiger partial charge on any atom is -0.497 e. The van der Waals surface area contributed by atoms with Crippen molar-refractivity contribution < 1.29 is 28.1 Å². The molecule has 0 unspecified atom stereocenters. The third kappa shape index (κ3) is 7.38. The molecule has 212 valence electrons. The first-order chi connectivity index (χ1) is 18.7. The van der Waals surface area contributed by atoms with Gasteiger partial charge in [-0.05, 0) is 93.2 Å². The average Bonchev–Trinajstić information content (AvgIpc) is 2.94. The first-order valence-corrected chi connectivity index (χ1v) is 14.4. The molecule has 1 atom stereocenters. The topological polar surface area (TPSA) is 65.8 Å². The second kappa shape index (κ2) is 13.1. The summed E-state index contributed by atoms with van der Waals surface area (Å²) in [7, 11) is 1.58. The number of hydrogen-bond acceptors (Lipinski definition) is 6. The SMILES string of the molecule is COc1ccc2ncc(Cl)c([C@H](O)CCC3(CO)CCN(CCCSc4ccccc4C(F)(F)F)CC3)c2c1. The van der Waals surface area contributed by atoms with E-state index in [4.69, 9.17) is 16.3 Å². The number of fused-ring (bicyclic) bond motifs is 1. The maximum Gasteiger partial charge on any atom is 0.417 e. The largest absolute Gasteiger partial charge is 0.497 e. The van der Waals surface area contributed by atoms with Gasteiger partial charge in [-0.1, -0.05) is 23.7 Å². The van der Waals surface area contributed by atoms with Gasteiger partial charge >= 0.3 is 6.18 Å². The summed E-state index contributed by atoms with van der Waals surface area (Å²) in [5.74, 6) is 1.26. The fourth-order valence-corrected chi connectivity index (χ4v) is 6.54. The number of aliphatic hydroxyl groups excluding tert-OH is 2. The van der Waals surface area contributed by atoms with Gasteiger partial charge in [0.1, 0.15) is 5.75 Å².